The normalized spacial score (nSPS) is 45.9. The molecular formula is C17H23IO2. The Labute approximate surface area is 135 Å². The molecule has 2 aliphatic carbocycles. The van der Waals surface area contributed by atoms with Gasteiger partial charge in [-0.1, -0.05) is 32.4 Å². The Hall–Kier alpha value is -0.320. The van der Waals surface area contributed by atoms with Gasteiger partial charge in [-0.15, -0.1) is 6.58 Å². The second-order valence-corrected chi connectivity index (χ2v) is 7.81. The number of esters is 1. The summed E-state index contributed by atoms with van der Waals surface area (Å²) in [6.07, 6.45) is 9.03. The Kier molecular flexibility index (Phi) is 3.76. The zero-order chi connectivity index (χ0) is 14.5. The molecule has 1 saturated heterocycles. The van der Waals surface area contributed by atoms with Crippen LogP contribution in [0.5, 0.6) is 0 Å². The van der Waals surface area contributed by atoms with Gasteiger partial charge in [-0.2, -0.15) is 0 Å². The van der Waals surface area contributed by atoms with E-state index in [-0.39, 0.29) is 23.4 Å². The van der Waals surface area contributed by atoms with Crippen LogP contribution in [0.4, 0.5) is 0 Å². The molecule has 20 heavy (non-hydrogen) atoms. The molecule has 3 heteroatoms. The first-order chi connectivity index (χ1) is 9.57. The molecule has 0 amide bonds. The third-order valence-corrected chi connectivity index (χ3v) is 6.72. The molecule has 0 radical (unpaired) electrons. The van der Waals surface area contributed by atoms with Crippen molar-refractivity contribution in [3.63, 3.8) is 0 Å². The monoisotopic (exact) mass is 386 g/mol. The van der Waals surface area contributed by atoms with E-state index in [0.29, 0.717) is 17.8 Å². The minimum atomic E-state index is 0.0274. The largest absolute Gasteiger partial charge is 0.456 e. The molecule has 0 spiro atoms. The summed E-state index contributed by atoms with van der Waals surface area (Å²) in [7, 11) is 0. The molecule has 110 valence electrons. The van der Waals surface area contributed by atoms with Gasteiger partial charge in [-0.3, -0.25) is 4.79 Å². The summed E-state index contributed by atoms with van der Waals surface area (Å²) in [6, 6.07) is 0. The van der Waals surface area contributed by atoms with E-state index < -0.39 is 0 Å². The standard InChI is InChI=1S/C17H23IO2/c1-4-7-17(6-3)9-12(18)15-13-11(16(19)20-15)8-10(5-2)14(13)17/h5,9-11,13-15H,2,4,6-8H2,1,3H3/t10-,11-,13?,14+,15+,17?/m0/s1. The Morgan fingerprint density at radius 2 is 2.30 bits per heavy atom. The van der Waals surface area contributed by atoms with Gasteiger partial charge in [0, 0.05) is 9.50 Å². The molecule has 0 bridgehead atoms. The molecule has 1 heterocycles. The molecule has 0 aromatic carbocycles. The lowest BCUT2D eigenvalue weighted by atomic mass is 9.59. The van der Waals surface area contributed by atoms with E-state index in [4.69, 9.17) is 4.74 Å². The number of carbonyl (C=O) groups excluding carboxylic acids is 1. The number of hydrogen-bond acceptors (Lipinski definition) is 2. The van der Waals surface area contributed by atoms with Crippen molar-refractivity contribution in [2.24, 2.45) is 29.1 Å². The first-order valence-corrected chi connectivity index (χ1v) is 8.87. The van der Waals surface area contributed by atoms with E-state index in [9.17, 15) is 4.79 Å². The highest BCUT2D eigenvalue weighted by Crippen LogP contribution is 2.63. The van der Waals surface area contributed by atoms with Gasteiger partial charge in [0.25, 0.3) is 0 Å². The molecule has 2 fully saturated rings. The molecule has 0 N–H and O–H groups in total. The second kappa shape index (κ2) is 5.15. The van der Waals surface area contributed by atoms with E-state index >= 15 is 0 Å². The molecule has 2 unspecified atom stereocenters. The van der Waals surface area contributed by atoms with Gasteiger partial charge in [0.15, 0.2) is 0 Å². The minimum absolute atomic E-state index is 0.0274. The minimum Gasteiger partial charge on any atom is -0.456 e. The van der Waals surface area contributed by atoms with Gasteiger partial charge >= 0.3 is 5.97 Å². The highest BCUT2D eigenvalue weighted by molar-refractivity contribution is 14.1. The lowest BCUT2D eigenvalue weighted by molar-refractivity contribution is -0.143. The fraction of sp³-hybridized carbons (Fsp3) is 0.706. The summed E-state index contributed by atoms with van der Waals surface area (Å²) in [5, 5.41) is 0. The Balaban J connectivity index is 2.10. The van der Waals surface area contributed by atoms with Crippen LogP contribution in [0.15, 0.2) is 22.3 Å². The SMILES string of the molecule is C=C[C@H]1C[C@@H]2C(=O)O[C@@H]3C(I)=CC(CC)(CCC)[C@H]1C23. The summed E-state index contributed by atoms with van der Waals surface area (Å²) >= 11 is 2.40. The Bertz CT molecular complexity index is 470. The number of allylic oxidation sites excluding steroid dienone is 2. The second-order valence-electron chi connectivity index (χ2n) is 6.57. The molecule has 3 rings (SSSR count). The smallest absolute Gasteiger partial charge is 0.310 e. The predicted molar refractivity (Wildman–Crippen MR) is 88.4 cm³/mol. The Morgan fingerprint density at radius 1 is 1.55 bits per heavy atom. The predicted octanol–water partition coefficient (Wildman–Crippen LogP) is 4.50. The quantitative estimate of drug-likeness (QED) is 0.404. The molecule has 6 atom stereocenters. The number of ether oxygens (including phenoxy) is 1. The molecule has 1 saturated carbocycles. The maximum atomic E-state index is 12.2. The van der Waals surface area contributed by atoms with Crippen LogP contribution in [0.3, 0.4) is 0 Å². The van der Waals surface area contributed by atoms with E-state index in [0.717, 1.165) is 12.8 Å². The van der Waals surface area contributed by atoms with E-state index in [1.807, 2.05) is 0 Å². The van der Waals surface area contributed by atoms with Gasteiger partial charge in [0.2, 0.25) is 0 Å². The molecular weight excluding hydrogens is 363 g/mol. The zero-order valence-electron chi connectivity index (χ0n) is 12.3. The first kappa shape index (κ1) is 14.6. The summed E-state index contributed by atoms with van der Waals surface area (Å²) < 4.78 is 6.92. The van der Waals surface area contributed by atoms with Crippen LogP contribution in [0.2, 0.25) is 0 Å². The van der Waals surface area contributed by atoms with Gasteiger partial charge in [-0.05, 0) is 59.1 Å². The van der Waals surface area contributed by atoms with Crippen molar-refractivity contribution in [3.05, 3.63) is 22.3 Å². The van der Waals surface area contributed by atoms with Crippen LogP contribution in [-0.4, -0.2) is 12.1 Å². The summed E-state index contributed by atoms with van der Waals surface area (Å²) in [5.41, 5.74) is 0.230. The van der Waals surface area contributed by atoms with E-state index in [1.54, 1.807) is 0 Å². The maximum Gasteiger partial charge on any atom is 0.310 e. The molecule has 1 aliphatic heterocycles. The van der Waals surface area contributed by atoms with Crippen molar-refractivity contribution >= 4 is 28.6 Å². The van der Waals surface area contributed by atoms with Crippen LogP contribution < -0.4 is 0 Å². The number of rotatable bonds is 4. The average molecular weight is 386 g/mol. The van der Waals surface area contributed by atoms with Crippen molar-refractivity contribution in [1.82, 2.24) is 0 Å². The van der Waals surface area contributed by atoms with Crippen LogP contribution in [-0.2, 0) is 9.53 Å². The fourth-order valence-corrected chi connectivity index (χ4v) is 6.20. The summed E-state index contributed by atoms with van der Waals surface area (Å²) in [4.78, 5) is 12.2. The summed E-state index contributed by atoms with van der Waals surface area (Å²) in [5.74, 6) is 1.51. The van der Waals surface area contributed by atoms with Crippen molar-refractivity contribution in [2.45, 2.75) is 45.6 Å². The lowest BCUT2D eigenvalue weighted by Gasteiger charge is -2.46. The number of hydrogen-bond donors (Lipinski definition) is 0. The van der Waals surface area contributed by atoms with Crippen LogP contribution >= 0.6 is 22.6 Å². The van der Waals surface area contributed by atoms with Crippen molar-refractivity contribution in [1.29, 1.82) is 0 Å². The third-order valence-electron chi connectivity index (χ3n) is 5.80. The molecule has 3 aliphatic rings. The van der Waals surface area contributed by atoms with Crippen molar-refractivity contribution in [2.75, 3.05) is 0 Å². The highest BCUT2D eigenvalue weighted by atomic mass is 127. The average Bonchev–Trinajstić information content (AvgIpc) is 2.96. The fourth-order valence-electron chi connectivity index (χ4n) is 5.04. The van der Waals surface area contributed by atoms with E-state index in [2.05, 4.69) is 55.2 Å². The topological polar surface area (TPSA) is 26.3 Å². The van der Waals surface area contributed by atoms with Gasteiger partial charge in [-0.25, -0.2) is 0 Å². The van der Waals surface area contributed by atoms with E-state index in [1.165, 1.54) is 16.4 Å². The van der Waals surface area contributed by atoms with Gasteiger partial charge in [0.1, 0.15) is 6.10 Å². The third kappa shape index (κ3) is 1.84. The maximum absolute atomic E-state index is 12.2. The lowest BCUT2D eigenvalue weighted by Crippen LogP contribution is -2.42. The van der Waals surface area contributed by atoms with Crippen LogP contribution in [0.1, 0.15) is 39.5 Å². The van der Waals surface area contributed by atoms with Crippen molar-refractivity contribution < 1.29 is 9.53 Å². The molecule has 2 nitrogen and oxygen atoms in total. The highest BCUT2D eigenvalue weighted by Gasteiger charge is 2.62. The first-order valence-electron chi connectivity index (χ1n) is 7.79. The molecule has 0 aromatic heterocycles. The Morgan fingerprint density at radius 3 is 2.90 bits per heavy atom. The summed E-state index contributed by atoms with van der Waals surface area (Å²) in [6.45, 7) is 8.60. The van der Waals surface area contributed by atoms with Crippen LogP contribution in [0.25, 0.3) is 0 Å². The number of carbonyl (C=O) groups is 1. The van der Waals surface area contributed by atoms with Gasteiger partial charge < -0.3 is 4.74 Å². The van der Waals surface area contributed by atoms with Gasteiger partial charge in [0.05, 0.1) is 5.92 Å². The molecule has 0 aromatic rings. The number of halogens is 1. The van der Waals surface area contributed by atoms with Crippen LogP contribution in [0, 0.1) is 29.1 Å². The zero-order valence-corrected chi connectivity index (χ0v) is 14.4. The van der Waals surface area contributed by atoms with Crippen molar-refractivity contribution in [3.8, 4) is 0 Å².